The van der Waals surface area contributed by atoms with Gasteiger partial charge in [0.15, 0.2) is 0 Å². The Morgan fingerprint density at radius 1 is 1.05 bits per heavy atom. The molecule has 0 amide bonds. The summed E-state index contributed by atoms with van der Waals surface area (Å²) in [6.07, 6.45) is 5.46. The van der Waals surface area contributed by atoms with Crippen molar-refractivity contribution in [3.63, 3.8) is 0 Å². The van der Waals surface area contributed by atoms with Gasteiger partial charge in [-0.1, -0.05) is 0 Å². The fourth-order valence-corrected chi connectivity index (χ4v) is 2.64. The van der Waals surface area contributed by atoms with Gasteiger partial charge in [-0.25, -0.2) is 4.98 Å². The number of hydrogen-bond acceptors (Lipinski definition) is 2. The number of hydrogen-bond donors (Lipinski definition) is 0. The third-order valence-corrected chi connectivity index (χ3v) is 4.43. The topological polar surface area (TPSA) is 22.1 Å². The van der Waals surface area contributed by atoms with E-state index in [0.29, 0.717) is 0 Å². The molecule has 1 aromatic heterocycles. The predicted octanol–water partition coefficient (Wildman–Crippen LogP) is 3.82. The number of nitrogens with zero attached hydrogens (tertiary/aromatic N) is 2. The van der Waals surface area contributed by atoms with Crippen molar-refractivity contribution < 1.29 is 9.22 Å². The van der Waals surface area contributed by atoms with Crippen LogP contribution in [0.3, 0.4) is 0 Å². The number of unbranched alkanes of at least 4 members (excludes halogenated alkanes) is 2. The lowest BCUT2D eigenvalue weighted by Gasteiger charge is -2.35. The number of pyridine rings is 1. The Labute approximate surface area is 124 Å². The Bertz CT molecular complexity index is 367. The third kappa shape index (κ3) is 5.49. The minimum absolute atomic E-state index is 0.755. The Morgan fingerprint density at radius 2 is 1.75 bits per heavy atom. The molecule has 20 heavy (non-hydrogen) atoms. The molecule has 0 saturated heterocycles. The van der Waals surface area contributed by atoms with Gasteiger partial charge < -0.3 is 9.22 Å². The molecule has 0 saturated carbocycles. The maximum Gasteiger partial charge on any atom is 0.213 e. The van der Waals surface area contributed by atoms with Crippen molar-refractivity contribution in [2.24, 2.45) is 0 Å². The van der Waals surface area contributed by atoms with E-state index in [9.17, 15) is 0 Å². The van der Waals surface area contributed by atoms with Crippen LogP contribution < -0.4 is 4.74 Å². The van der Waals surface area contributed by atoms with Crippen LogP contribution >= 0.6 is 0 Å². The lowest BCUT2D eigenvalue weighted by molar-refractivity contribution is -0.923. The zero-order valence-electron chi connectivity index (χ0n) is 13.7. The van der Waals surface area contributed by atoms with Crippen LogP contribution in [0.25, 0.3) is 0 Å². The quantitative estimate of drug-likeness (QED) is 0.480. The molecule has 1 rings (SSSR count). The minimum Gasteiger partial charge on any atom is -0.478 e. The van der Waals surface area contributed by atoms with Crippen molar-refractivity contribution in [3.05, 3.63) is 23.9 Å². The molecule has 0 atom stereocenters. The van der Waals surface area contributed by atoms with Crippen LogP contribution in [-0.4, -0.2) is 42.3 Å². The molecule has 3 nitrogen and oxygen atoms in total. The summed E-state index contributed by atoms with van der Waals surface area (Å²) in [6.45, 7) is 14.8. The van der Waals surface area contributed by atoms with Gasteiger partial charge in [-0.2, -0.15) is 0 Å². The minimum atomic E-state index is 0.755. The molecule has 0 spiro atoms. The molecule has 1 aromatic rings. The summed E-state index contributed by atoms with van der Waals surface area (Å²) in [5.74, 6) is 0.755. The molecule has 1 heterocycles. The standard InChI is InChI=1S/C17H31N2O/c1-5-19(6-2,7-3)13-9-8-10-14-20-17-15-16(4)11-12-18-17/h11-12,15H,5-10,13-14H2,1-4H3/q+1. The van der Waals surface area contributed by atoms with E-state index in [-0.39, 0.29) is 0 Å². The highest BCUT2D eigenvalue weighted by atomic mass is 16.5. The molecule has 0 N–H and O–H groups in total. The van der Waals surface area contributed by atoms with E-state index in [1.54, 1.807) is 6.20 Å². The molecule has 0 aliphatic heterocycles. The molecule has 0 fully saturated rings. The van der Waals surface area contributed by atoms with E-state index < -0.39 is 0 Å². The second-order valence-corrected chi connectivity index (χ2v) is 5.59. The van der Waals surface area contributed by atoms with Gasteiger partial charge in [0.05, 0.1) is 32.8 Å². The van der Waals surface area contributed by atoms with Gasteiger partial charge in [0.25, 0.3) is 0 Å². The fraction of sp³-hybridized carbons (Fsp3) is 0.706. The van der Waals surface area contributed by atoms with E-state index >= 15 is 0 Å². The average Bonchev–Trinajstić information content (AvgIpc) is 2.47. The normalized spacial score (nSPS) is 11.6. The number of rotatable bonds is 10. The maximum atomic E-state index is 5.68. The molecular weight excluding hydrogens is 248 g/mol. The van der Waals surface area contributed by atoms with E-state index in [4.69, 9.17) is 4.74 Å². The molecule has 0 radical (unpaired) electrons. The summed E-state index contributed by atoms with van der Waals surface area (Å²) >= 11 is 0. The molecular formula is C17H31N2O+. The molecule has 0 unspecified atom stereocenters. The van der Waals surface area contributed by atoms with Gasteiger partial charge >= 0.3 is 0 Å². The van der Waals surface area contributed by atoms with Gasteiger partial charge in [0.2, 0.25) is 5.88 Å². The highest BCUT2D eigenvalue weighted by Gasteiger charge is 2.19. The maximum absolute atomic E-state index is 5.68. The second kappa shape index (κ2) is 8.96. The van der Waals surface area contributed by atoms with Crippen molar-refractivity contribution in [1.29, 1.82) is 0 Å². The van der Waals surface area contributed by atoms with Gasteiger partial charge in [-0.15, -0.1) is 0 Å². The summed E-state index contributed by atoms with van der Waals surface area (Å²) in [6, 6.07) is 3.98. The molecule has 3 heteroatoms. The monoisotopic (exact) mass is 279 g/mol. The second-order valence-electron chi connectivity index (χ2n) is 5.59. The van der Waals surface area contributed by atoms with Crippen LogP contribution in [0.2, 0.25) is 0 Å². The third-order valence-electron chi connectivity index (χ3n) is 4.43. The van der Waals surface area contributed by atoms with Gasteiger partial charge in [0, 0.05) is 12.3 Å². The predicted molar refractivity (Wildman–Crippen MR) is 85.1 cm³/mol. The Hall–Kier alpha value is -1.09. The molecule has 114 valence electrons. The first-order valence-corrected chi connectivity index (χ1v) is 8.06. The van der Waals surface area contributed by atoms with Crippen LogP contribution in [0.15, 0.2) is 18.3 Å². The van der Waals surface area contributed by atoms with Crippen LogP contribution in [0.4, 0.5) is 0 Å². The lowest BCUT2D eigenvalue weighted by atomic mass is 10.2. The number of aryl methyl sites for hydroxylation is 1. The lowest BCUT2D eigenvalue weighted by Crippen LogP contribution is -2.48. The number of quaternary nitrogens is 1. The highest BCUT2D eigenvalue weighted by molar-refractivity contribution is 5.18. The summed E-state index contributed by atoms with van der Waals surface area (Å²) in [7, 11) is 0. The Kier molecular flexibility index (Phi) is 7.60. The van der Waals surface area contributed by atoms with Gasteiger partial charge in [-0.05, 0) is 58.6 Å². The number of ether oxygens (including phenoxy) is 1. The smallest absolute Gasteiger partial charge is 0.213 e. The molecule has 0 aliphatic rings. The summed E-state index contributed by atoms with van der Waals surface area (Å²) in [4.78, 5) is 4.21. The summed E-state index contributed by atoms with van der Waals surface area (Å²) < 4.78 is 6.93. The van der Waals surface area contributed by atoms with Crippen molar-refractivity contribution in [2.45, 2.75) is 47.0 Å². The van der Waals surface area contributed by atoms with E-state index in [1.807, 2.05) is 12.1 Å². The average molecular weight is 279 g/mol. The Balaban J connectivity index is 2.16. The van der Waals surface area contributed by atoms with Crippen molar-refractivity contribution in [3.8, 4) is 5.88 Å². The Morgan fingerprint density at radius 3 is 2.35 bits per heavy atom. The van der Waals surface area contributed by atoms with Crippen molar-refractivity contribution in [2.75, 3.05) is 32.8 Å². The number of aromatic nitrogens is 1. The van der Waals surface area contributed by atoms with Crippen LogP contribution in [-0.2, 0) is 0 Å². The molecule has 0 aromatic carbocycles. The summed E-state index contributed by atoms with van der Waals surface area (Å²) in [5, 5.41) is 0. The molecule has 0 bridgehead atoms. The highest BCUT2D eigenvalue weighted by Crippen LogP contribution is 2.11. The zero-order chi connectivity index (χ0) is 14.8. The zero-order valence-corrected chi connectivity index (χ0v) is 13.7. The fourth-order valence-electron chi connectivity index (χ4n) is 2.64. The van der Waals surface area contributed by atoms with Crippen LogP contribution in [0.5, 0.6) is 5.88 Å². The first-order valence-electron chi connectivity index (χ1n) is 8.06. The van der Waals surface area contributed by atoms with E-state index in [2.05, 4.69) is 32.7 Å². The van der Waals surface area contributed by atoms with Crippen LogP contribution in [0.1, 0.15) is 45.6 Å². The first-order chi connectivity index (χ1) is 9.65. The first kappa shape index (κ1) is 17.0. The van der Waals surface area contributed by atoms with E-state index in [1.165, 1.54) is 49.1 Å². The molecule has 0 aliphatic carbocycles. The SMILES string of the molecule is CC[N+](CC)(CC)CCCCCOc1cc(C)ccn1. The van der Waals surface area contributed by atoms with E-state index in [0.717, 1.165) is 18.9 Å². The largest absolute Gasteiger partial charge is 0.478 e. The van der Waals surface area contributed by atoms with Gasteiger partial charge in [-0.3, -0.25) is 0 Å². The van der Waals surface area contributed by atoms with Gasteiger partial charge in [0.1, 0.15) is 0 Å². The van der Waals surface area contributed by atoms with Crippen LogP contribution in [0, 0.1) is 6.92 Å². The van der Waals surface area contributed by atoms with Crippen molar-refractivity contribution >= 4 is 0 Å². The summed E-state index contributed by atoms with van der Waals surface area (Å²) in [5.41, 5.74) is 1.20. The van der Waals surface area contributed by atoms with Crippen molar-refractivity contribution in [1.82, 2.24) is 4.98 Å².